The average Bonchev–Trinajstić information content (AvgIpc) is 2.49. The summed E-state index contributed by atoms with van der Waals surface area (Å²) in [5, 5.41) is 0. The molecule has 3 heteroatoms. The van der Waals surface area contributed by atoms with Crippen LogP contribution in [0.15, 0.2) is 12.5 Å². The molecule has 0 aliphatic heterocycles. The zero-order valence-electron chi connectivity index (χ0n) is 7.69. The Labute approximate surface area is 72.4 Å². The first kappa shape index (κ1) is 8.97. The molecular weight excluding hydrogens is 152 g/mol. The van der Waals surface area contributed by atoms with Crippen LogP contribution in [0.5, 0.6) is 0 Å². The molecule has 1 unspecified atom stereocenters. The molecule has 0 bridgehead atoms. The first-order chi connectivity index (χ1) is 5.66. The van der Waals surface area contributed by atoms with E-state index in [1.165, 1.54) is 0 Å². The summed E-state index contributed by atoms with van der Waals surface area (Å²) in [5.41, 5.74) is 0.649. The topological polar surface area (TPSA) is 34.9 Å². The van der Waals surface area contributed by atoms with Crippen molar-refractivity contribution in [3.8, 4) is 0 Å². The summed E-state index contributed by atoms with van der Waals surface area (Å²) in [6, 6.07) is 0.327. The van der Waals surface area contributed by atoms with Crippen molar-refractivity contribution in [2.45, 2.75) is 26.8 Å². The van der Waals surface area contributed by atoms with Gasteiger partial charge in [0.1, 0.15) is 5.69 Å². The summed E-state index contributed by atoms with van der Waals surface area (Å²) in [5.74, 6) is 0.512. The third-order valence-corrected chi connectivity index (χ3v) is 2.22. The van der Waals surface area contributed by atoms with E-state index in [0.717, 1.165) is 6.29 Å². The van der Waals surface area contributed by atoms with Gasteiger partial charge in [-0.05, 0) is 12.8 Å². The first-order valence-corrected chi connectivity index (χ1v) is 4.13. The van der Waals surface area contributed by atoms with Gasteiger partial charge in [-0.1, -0.05) is 13.8 Å². The van der Waals surface area contributed by atoms with Gasteiger partial charge < -0.3 is 4.57 Å². The molecule has 0 saturated carbocycles. The second-order valence-electron chi connectivity index (χ2n) is 3.33. The van der Waals surface area contributed by atoms with Gasteiger partial charge in [0.15, 0.2) is 6.29 Å². The summed E-state index contributed by atoms with van der Waals surface area (Å²) >= 11 is 0. The molecule has 1 rings (SSSR count). The first-order valence-electron chi connectivity index (χ1n) is 4.13. The predicted molar refractivity (Wildman–Crippen MR) is 47.2 cm³/mol. The lowest BCUT2D eigenvalue weighted by Crippen LogP contribution is -2.12. The molecule has 0 aromatic carbocycles. The Kier molecular flexibility index (Phi) is 2.63. The highest BCUT2D eigenvalue weighted by atomic mass is 16.1. The van der Waals surface area contributed by atoms with Gasteiger partial charge in [-0.2, -0.15) is 0 Å². The lowest BCUT2D eigenvalue weighted by Gasteiger charge is -2.17. The summed E-state index contributed by atoms with van der Waals surface area (Å²) in [7, 11) is 0. The van der Waals surface area contributed by atoms with Gasteiger partial charge in [0.05, 0.1) is 12.5 Å². The van der Waals surface area contributed by atoms with Crippen LogP contribution in [0.25, 0.3) is 0 Å². The van der Waals surface area contributed by atoms with E-state index in [4.69, 9.17) is 0 Å². The van der Waals surface area contributed by atoms with E-state index in [9.17, 15) is 4.79 Å². The maximum atomic E-state index is 10.6. The summed E-state index contributed by atoms with van der Waals surface area (Å²) in [6.07, 6.45) is 4.13. The van der Waals surface area contributed by atoms with Gasteiger partial charge in [0.25, 0.3) is 0 Å². The number of aromatic nitrogens is 2. The fourth-order valence-corrected chi connectivity index (χ4v) is 1.07. The normalized spacial score (nSPS) is 13.3. The number of carbonyl (C=O) groups excluding carboxylic acids is 1. The molecule has 0 radical (unpaired) electrons. The van der Waals surface area contributed by atoms with Crippen LogP contribution in [0, 0.1) is 5.92 Å². The Morgan fingerprint density at radius 2 is 2.17 bits per heavy atom. The summed E-state index contributed by atoms with van der Waals surface area (Å²) < 4.78 is 1.90. The number of nitrogens with zero attached hydrogens (tertiary/aromatic N) is 2. The molecule has 0 N–H and O–H groups in total. The van der Waals surface area contributed by atoms with Crippen molar-refractivity contribution in [1.82, 2.24) is 9.55 Å². The maximum Gasteiger partial charge on any atom is 0.168 e. The molecule has 0 amide bonds. The summed E-state index contributed by atoms with van der Waals surface area (Å²) in [4.78, 5) is 14.5. The SMILES string of the molecule is CC(C)C(C)n1cncc1C=O. The number of hydrogen-bond donors (Lipinski definition) is 0. The number of hydrogen-bond acceptors (Lipinski definition) is 2. The highest BCUT2D eigenvalue weighted by Gasteiger charge is 2.11. The molecule has 0 saturated heterocycles. The fourth-order valence-electron chi connectivity index (χ4n) is 1.07. The summed E-state index contributed by atoms with van der Waals surface area (Å²) in [6.45, 7) is 6.33. The van der Waals surface area contributed by atoms with E-state index in [1.807, 2.05) is 4.57 Å². The zero-order chi connectivity index (χ0) is 9.14. The van der Waals surface area contributed by atoms with Crippen molar-refractivity contribution in [2.75, 3.05) is 0 Å². The third kappa shape index (κ3) is 1.55. The lowest BCUT2D eigenvalue weighted by molar-refractivity contribution is 0.111. The minimum absolute atomic E-state index is 0.327. The molecule has 0 aliphatic carbocycles. The minimum Gasteiger partial charge on any atom is -0.325 e. The van der Waals surface area contributed by atoms with E-state index in [2.05, 4.69) is 25.8 Å². The fraction of sp³-hybridized carbons (Fsp3) is 0.556. The third-order valence-electron chi connectivity index (χ3n) is 2.22. The number of imidazole rings is 1. The highest BCUT2D eigenvalue weighted by molar-refractivity contribution is 5.71. The molecule has 1 heterocycles. The molecule has 12 heavy (non-hydrogen) atoms. The van der Waals surface area contributed by atoms with Crippen LogP contribution < -0.4 is 0 Å². The van der Waals surface area contributed by atoms with Crippen molar-refractivity contribution in [1.29, 1.82) is 0 Å². The van der Waals surface area contributed by atoms with Crippen LogP contribution in [-0.4, -0.2) is 15.8 Å². The van der Waals surface area contributed by atoms with Gasteiger partial charge >= 0.3 is 0 Å². The largest absolute Gasteiger partial charge is 0.325 e. The van der Waals surface area contributed by atoms with Crippen LogP contribution in [0.1, 0.15) is 37.3 Å². The van der Waals surface area contributed by atoms with Crippen molar-refractivity contribution in [3.05, 3.63) is 18.2 Å². The van der Waals surface area contributed by atoms with Crippen LogP contribution in [0.2, 0.25) is 0 Å². The van der Waals surface area contributed by atoms with Crippen LogP contribution in [-0.2, 0) is 0 Å². The highest BCUT2D eigenvalue weighted by Crippen LogP contribution is 2.17. The monoisotopic (exact) mass is 166 g/mol. The van der Waals surface area contributed by atoms with Crippen LogP contribution in [0.4, 0.5) is 0 Å². The number of carbonyl (C=O) groups is 1. The quantitative estimate of drug-likeness (QED) is 0.643. The van der Waals surface area contributed by atoms with E-state index >= 15 is 0 Å². The molecule has 0 spiro atoms. The van der Waals surface area contributed by atoms with Crippen LogP contribution >= 0.6 is 0 Å². The number of rotatable bonds is 3. The Balaban J connectivity index is 2.93. The predicted octanol–water partition coefficient (Wildman–Crippen LogP) is 1.91. The molecule has 0 aliphatic rings. The molecule has 1 aromatic rings. The van der Waals surface area contributed by atoms with E-state index < -0.39 is 0 Å². The average molecular weight is 166 g/mol. The Bertz CT molecular complexity index is 265. The van der Waals surface area contributed by atoms with E-state index in [0.29, 0.717) is 17.7 Å². The van der Waals surface area contributed by atoms with Gasteiger partial charge in [-0.15, -0.1) is 0 Å². The minimum atomic E-state index is 0.327. The van der Waals surface area contributed by atoms with E-state index in [-0.39, 0.29) is 0 Å². The Morgan fingerprint density at radius 1 is 1.50 bits per heavy atom. The molecule has 0 fully saturated rings. The van der Waals surface area contributed by atoms with E-state index in [1.54, 1.807) is 12.5 Å². The molecule has 1 aromatic heterocycles. The standard InChI is InChI=1S/C9H14N2O/c1-7(2)8(3)11-6-10-4-9(11)5-12/h4-8H,1-3H3. The molecular formula is C9H14N2O. The van der Waals surface area contributed by atoms with Gasteiger partial charge in [-0.3, -0.25) is 4.79 Å². The van der Waals surface area contributed by atoms with Gasteiger partial charge in [0.2, 0.25) is 0 Å². The van der Waals surface area contributed by atoms with Crippen molar-refractivity contribution in [2.24, 2.45) is 5.92 Å². The van der Waals surface area contributed by atoms with Crippen molar-refractivity contribution >= 4 is 6.29 Å². The Morgan fingerprint density at radius 3 is 2.67 bits per heavy atom. The lowest BCUT2D eigenvalue weighted by atomic mass is 10.1. The maximum absolute atomic E-state index is 10.6. The second kappa shape index (κ2) is 3.52. The van der Waals surface area contributed by atoms with Gasteiger partial charge in [-0.25, -0.2) is 4.98 Å². The molecule has 1 atom stereocenters. The smallest absolute Gasteiger partial charge is 0.168 e. The van der Waals surface area contributed by atoms with Gasteiger partial charge in [0, 0.05) is 6.04 Å². The van der Waals surface area contributed by atoms with Crippen molar-refractivity contribution < 1.29 is 4.79 Å². The molecule has 66 valence electrons. The second-order valence-corrected chi connectivity index (χ2v) is 3.33. The van der Waals surface area contributed by atoms with Crippen LogP contribution in [0.3, 0.4) is 0 Å². The number of aldehydes is 1. The zero-order valence-corrected chi connectivity index (χ0v) is 7.69. The molecule has 3 nitrogen and oxygen atoms in total. The Hall–Kier alpha value is -1.12. The van der Waals surface area contributed by atoms with Crippen molar-refractivity contribution in [3.63, 3.8) is 0 Å².